The van der Waals surface area contributed by atoms with Gasteiger partial charge in [-0.3, -0.25) is 4.79 Å². The number of carbonyl (C=O) groups is 1. The van der Waals surface area contributed by atoms with Crippen molar-refractivity contribution >= 4 is 12.0 Å². The molecule has 3 heteroatoms. The molecule has 0 aliphatic carbocycles. The van der Waals surface area contributed by atoms with Crippen molar-refractivity contribution in [2.45, 2.75) is 0 Å². The van der Waals surface area contributed by atoms with Crippen molar-refractivity contribution in [3.8, 4) is 0 Å². The third-order valence-electron chi connectivity index (χ3n) is 1.56. The predicted molar refractivity (Wildman–Crippen MR) is 50.6 cm³/mol. The van der Waals surface area contributed by atoms with E-state index in [0.717, 1.165) is 5.56 Å². The van der Waals surface area contributed by atoms with Gasteiger partial charge in [-0.15, -0.1) is 0 Å². The highest BCUT2D eigenvalue weighted by molar-refractivity contribution is 5.94. The van der Waals surface area contributed by atoms with E-state index in [9.17, 15) is 4.79 Å². The molecule has 0 heterocycles. The van der Waals surface area contributed by atoms with Gasteiger partial charge in [0.15, 0.2) is 5.76 Å². The number of hydrogen-bond acceptors (Lipinski definition) is 2. The quantitative estimate of drug-likeness (QED) is 0.556. The third kappa shape index (κ3) is 2.63. The summed E-state index contributed by atoms with van der Waals surface area (Å²) in [6, 6.07) is 9.37. The highest BCUT2D eigenvalue weighted by Crippen LogP contribution is 2.06. The van der Waals surface area contributed by atoms with Crippen molar-refractivity contribution < 1.29 is 9.53 Å². The standard InChI is InChI=1S/C10H11NO2/c1-13-9(10(11)12)7-8-5-3-2-4-6-8/h2-7H,1H3,(H2,11,12)/b9-7+. The van der Waals surface area contributed by atoms with Gasteiger partial charge >= 0.3 is 0 Å². The molecule has 1 amide bonds. The largest absolute Gasteiger partial charge is 0.491 e. The number of primary amides is 1. The van der Waals surface area contributed by atoms with E-state index >= 15 is 0 Å². The molecule has 0 aliphatic rings. The normalized spacial score (nSPS) is 11.0. The molecule has 0 radical (unpaired) electrons. The van der Waals surface area contributed by atoms with Crippen molar-refractivity contribution in [2.24, 2.45) is 5.73 Å². The van der Waals surface area contributed by atoms with Crippen LogP contribution in [0.25, 0.3) is 6.08 Å². The zero-order valence-electron chi connectivity index (χ0n) is 7.36. The summed E-state index contributed by atoms with van der Waals surface area (Å²) in [5.74, 6) is -0.405. The van der Waals surface area contributed by atoms with E-state index in [-0.39, 0.29) is 5.76 Å². The van der Waals surface area contributed by atoms with Gasteiger partial charge in [-0.1, -0.05) is 30.3 Å². The summed E-state index contributed by atoms with van der Waals surface area (Å²) in [6.07, 6.45) is 1.60. The Morgan fingerprint density at radius 1 is 1.38 bits per heavy atom. The lowest BCUT2D eigenvalue weighted by Crippen LogP contribution is -2.14. The van der Waals surface area contributed by atoms with Crippen LogP contribution in [0.15, 0.2) is 36.1 Å². The molecule has 2 N–H and O–H groups in total. The Balaban J connectivity index is 2.92. The molecule has 1 aromatic carbocycles. The summed E-state index contributed by atoms with van der Waals surface area (Å²) >= 11 is 0. The molecule has 0 saturated carbocycles. The molecule has 0 spiro atoms. The van der Waals surface area contributed by atoms with Gasteiger partial charge in [-0.05, 0) is 11.6 Å². The van der Waals surface area contributed by atoms with Crippen LogP contribution in [-0.2, 0) is 9.53 Å². The second kappa shape index (κ2) is 4.30. The number of nitrogens with two attached hydrogens (primary N) is 1. The molecule has 0 aliphatic heterocycles. The van der Waals surface area contributed by atoms with Gasteiger partial charge in [-0.2, -0.15) is 0 Å². The molecular formula is C10H11NO2. The van der Waals surface area contributed by atoms with Crippen molar-refractivity contribution in [2.75, 3.05) is 7.11 Å². The Morgan fingerprint density at radius 3 is 2.46 bits per heavy atom. The summed E-state index contributed by atoms with van der Waals surface area (Å²) in [5, 5.41) is 0. The Bertz CT molecular complexity index is 317. The molecule has 0 unspecified atom stereocenters. The first-order chi connectivity index (χ1) is 6.24. The molecule has 1 aromatic rings. The zero-order valence-corrected chi connectivity index (χ0v) is 7.36. The van der Waals surface area contributed by atoms with Gasteiger partial charge in [0.05, 0.1) is 7.11 Å². The van der Waals surface area contributed by atoms with Crippen molar-refractivity contribution in [1.82, 2.24) is 0 Å². The smallest absolute Gasteiger partial charge is 0.283 e. The highest BCUT2D eigenvalue weighted by atomic mass is 16.5. The Morgan fingerprint density at radius 2 is 2.00 bits per heavy atom. The van der Waals surface area contributed by atoms with Crippen LogP contribution < -0.4 is 5.73 Å². The van der Waals surface area contributed by atoms with Crippen LogP contribution in [0.5, 0.6) is 0 Å². The number of carbonyl (C=O) groups excluding carboxylic acids is 1. The average molecular weight is 177 g/mol. The fraction of sp³-hybridized carbons (Fsp3) is 0.100. The zero-order chi connectivity index (χ0) is 9.68. The van der Waals surface area contributed by atoms with Gasteiger partial charge in [0.2, 0.25) is 0 Å². The van der Waals surface area contributed by atoms with Crippen LogP contribution in [0.1, 0.15) is 5.56 Å². The predicted octanol–water partition coefficient (Wildman–Crippen LogP) is 1.16. The van der Waals surface area contributed by atoms with Crippen LogP contribution in [0.3, 0.4) is 0 Å². The third-order valence-corrected chi connectivity index (χ3v) is 1.56. The van der Waals surface area contributed by atoms with E-state index in [1.807, 2.05) is 30.3 Å². The van der Waals surface area contributed by atoms with Crippen molar-refractivity contribution in [3.63, 3.8) is 0 Å². The van der Waals surface area contributed by atoms with Crippen molar-refractivity contribution in [3.05, 3.63) is 41.7 Å². The van der Waals surface area contributed by atoms with E-state index < -0.39 is 5.91 Å². The summed E-state index contributed by atoms with van der Waals surface area (Å²) in [7, 11) is 1.42. The highest BCUT2D eigenvalue weighted by Gasteiger charge is 2.02. The van der Waals surface area contributed by atoms with Crippen LogP contribution in [-0.4, -0.2) is 13.0 Å². The van der Waals surface area contributed by atoms with Gasteiger partial charge in [0.1, 0.15) is 0 Å². The SMILES string of the molecule is CO/C(=C/c1ccccc1)C(N)=O. The lowest BCUT2D eigenvalue weighted by molar-refractivity contribution is -0.117. The van der Waals surface area contributed by atoms with Gasteiger partial charge in [0, 0.05) is 0 Å². The maximum atomic E-state index is 10.8. The topological polar surface area (TPSA) is 52.3 Å². The maximum Gasteiger partial charge on any atom is 0.283 e. The minimum atomic E-state index is -0.564. The number of methoxy groups -OCH3 is 1. The molecule has 0 bridgehead atoms. The molecule has 1 rings (SSSR count). The fourth-order valence-corrected chi connectivity index (χ4v) is 0.931. The number of benzene rings is 1. The molecule has 0 fully saturated rings. The van der Waals surface area contributed by atoms with Crippen LogP contribution >= 0.6 is 0 Å². The van der Waals surface area contributed by atoms with Gasteiger partial charge < -0.3 is 10.5 Å². The summed E-state index contributed by atoms with van der Waals surface area (Å²) < 4.78 is 4.80. The molecule has 0 aromatic heterocycles. The van der Waals surface area contributed by atoms with E-state index in [1.165, 1.54) is 7.11 Å². The molecule has 0 atom stereocenters. The molecular weight excluding hydrogens is 166 g/mol. The number of hydrogen-bond donors (Lipinski definition) is 1. The van der Waals surface area contributed by atoms with Gasteiger partial charge in [0.25, 0.3) is 5.91 Å². The van der Waals surface area contributed by atoms with Crippen LogP contribution in [0.2, 0.25) is 0 Å². The monoisotopic (exact) mass is 177 g/mol. The first-order valence-electron chi connectivity index (χ1n) is 3.84. The molecule has 0 saturated heterocycles. The number of rotatable bonds is 3. The summed E-state index contributed by atoms with van der Waals surface area (Å²) in [6.45, 7) is 0. The van der Waals surface area contributed by atoms with E-state index in [2.05, 4.69) is 0 Å². The summed E-state index contributed by atoms with van der Waals surface area (Å²) in [5.41, 5.74) is 5.95. The summed E-state index contributed by atoms with van der Waals surface area (Å²) in [4.78, 5) is 10.8. The second-order valence-corrected chi connectivity index (χ2v) is 2.49. The number of amides is 1. The van der Waals surface area contributed by atoms with Crippen molar-refractivity contribution in [1.29, 1.82) is 0 Å². The average Bonchev–Trinajstić information content (AvgIpc) is 2.15. The minimum Gasteiger partial charge on any atom is -0.491 e. The number of ether oxygens (including phenoxy) is 1. The Hall–Kier alpha value is -1.77. The maximum absolute atomic E-state index is 10.8. The lowest BCUT2D eigenvalue weighted by atomic mass is 10.2. The van der Waals surface area contributed by atoms with E-state index in [0.29, 0.717) is 0 Å². The first-order valence-corrected chi connectivity index (χ1v) is 3.84. The second-order valence-electron chi connectivity index (χ2n) is 2.49. The van der Waals surface area contributed by atoms with E-state index in [1.54, 1.807) is 6.08 Å². The van der Waals surface area contributed by atoms with E-state index in [4.69, 9.17) is 10.5 Å². The Kier molecular flexibility index (Phi) is 3.09. The minimum absolute atomic E-state index is 0.159. The first kappa shape index (κ1) is 9.32. The lowest BCUT2D eigenvalue weighted by Gasteiger charge is -2.00. The van der Waals surface area contributed by atoms with Crippen LogP contribution in [0, 0.1) is 0 Å². The molecule has 3 nitrogen and oxygen atoms in total. The molecule has 68 valence electrons. The van der Waals surface area contributed by atoms with Crippen LogP contribution in [0.4, 0.5) is 0 Å². The Labute approximate surface area is 76.8 Å². The van der Waals surface area contributed by atoms with Gasteiger partial charge in [-0.25, -0.2) is 0 Å². The molecule has 13 heavy (non-hydrogen) atoms. The fourth-order valence-electron chi connectivity index (χ4n) is 0.931.